The summed E-state index contributed by atoms with van der Waals surface area (Å²) in [6.45, 7) is 2.19. The fourth-order valence-corrected chi connectivity index (χ4v) is 4.04. The van der Waals surface area contributed by atoms with Gasteiger partial charge in [-0.2, -0.15) is 5.10 Å². The van der Waals surface area contributed by atoms with Crippen molar-refractivity contribution >= 4 is 17.6 Å². The third-order valence-corrected chi connectivity index (χ3v) is 5.98. The van der Waals surface area contributed by atoms with Crippen LogP contribution in [0.2, 0.25) is 0 Å². The molecule has 0 bridgehead atoms. The van der Waals surface area contributed by atoms with Gasteiger partial charge in [-0.25, -0.2) is 9.07 Å². The summed E-state index contributed by atoms with van der Waals surface area (Å²) < 4.78 is 20.5. The number of rotatable bonds is 12. The highest BCUT2D eigenvalue weighted by Crippen LogP contribution is 2.25. The molecule has 8 heteroatoms. The lowest BCUT2D eigenvalue weighted by molar-refractivity contribution is -0.135. The van der Waals surface area contributed by atoms with E-state index in [1.807, 2.05) is 30.3 Å². The van der Waals surface area contributed by atoms with E-state index in [4.69, 9.17) is 4.42 Å². The molecule has 2 aromatic carbocycles. The molecule has 0 aliphatic rings. The van der Waals surface area contributed by atoms with Crippen LogP contribution in [0.15, 0.2) is 83.5 Å². The number of anilines is 1. The fourth-order valence-electron chi connectivity index (χ4n) is 4.04. The molecule has 2 aromatic heterocycles. The molecule has 0 spiro atoms. The second-order valence-corrected chi connectivity index (χ2v) is 8.86. The number of benzene rings is 2. The van der Waals surface area contributed by atoms with Gasteiger partial charge in [-0.05, 0) is 42.8 Å². The van der Waals surface area contributed by atoms with Crippen LogP contribution in [0, 0.1) is 5.82 Å². The standard InChI is InChI=1S/C29H31FN4O3/c1-2-3-4-8-13-29(36)33(20-25-12-9-18-37-25)21-28(35)31-27-19-26(22-10-6-5-7-11-22)32-34(27)24-16-14-23(30)15-17-24/h5-7,9-12,14-19H,2-4,8,13,20-21H2,1H3,(H,31,35). The molecular formula is C29H31FN4O3. The largest absolute Gasteiger partial charge is 0.467 e. The number of halogens is 1. The minimum Gasteiger partial charge on any atom is -0.467 e. The second kappa shape index (κ2) is 12.7. The molecule has 0 unspecified atom stereocenters. The average molecular weight is 503 g/mol. The highest BCUT2D eigenvalue weighted by atomic mass is 19.1. The van der Waals surface area contributed by atoms with Gasteiger partial charge in [0.2, 0.25) is 11.8 Å². The number of hydrogen-bond donors (Lipinski definition) is 1. The Bertz CT molecular complexity index is 1280. The molecule has 2 amide bonds. The van der Waals surface area contributed by atoms with Crippen LogP contribution in [0.4, 0.5) is 10.2 Å². The van der Waals surface area contributed by atoms with Crippen LogP contribution < -0.4 is 5.32 Å². The Morgan fingerprint density at radius 2 is 1.78 bits per heavy atom. The van der Waals surface area contributed by atoms with E-state index in [9.17, 15) is 14.0 Å². The van der Waals surface area contributed by atoms with Crippen molar-refractivity contribution in [3.8, 4) is 16.9 Å². The van der Waals surface area contributed by atoms with Crippen LogP contribution in [0.1, 0.15) is 44.8 Å². The molecule has 37 heavy (non-hydrogen) atoms. The van der Waals surface area contributed by atoms with Crippen molar-refractivity contribution < 1.29 is 18.4 Å². The van der Waals surface area contributed by atoms with Gasteiger partial charge in [-0.3, -0.25) is 9.59 Å². The van der Waals surface area contributed by atoms with Gasteiger partial charge in [0, 0.05) is 18.1 Å². The molecule has 0 saturated heterocycles. The summed E-state index contributed by atoms with van der Waals surface area (Å²) in [5.41, 5.74) is 2.12. The Morgan fingerprint density at radius 3 is 2.49 bits per heavy atom. The number of furan rings is 1. The average Bonchev–Trinajstić information content (AvgIpc) is 3.57. The lowest BCUT2D eigenvalue weighted by Gasteiger charge is -2.21. The number of hydrogen-bond acceptors (Lipinski definition) is 4. The number of carbonyl (C=O) groups excluding carboxylic acids is 2. The quantitative estimate of drug-likeness (QED) is 0.234. The molecule has 0 aliphatic heterocycles. The van der Waals surface area contributed by atoms with E-state index in [-0.39, 0.29) is 30.7 Å². The molecule has 4 aromatic rings. The Kier molecular flexibility index (Phi) is 8.86. The molecule has 0 fully saturated rings. The first kappa shape index (κ1) is 25.9. The summed E-state index contributed by atoms with van der Waals surface area (Å²) in [7, 11) is 0. The van der Waals surface area contributed by atoms with Crippen LogP contribution in [0.25, 0.3) is 16.9 Å². The number of unbranched alkanes of at least 4 members (excludes halogenated alkanes) is 3. The van der Waals surface area contributed by atoms with Crippen molar-refractivity contribution in [1.29, 1.82) is 0 Å². The summed E-state index contributed by atoms with van der Waals surface area (Å²) in [5.74, 6) is 0.202. The van der Waals surface area contributed by atoms with Crippen LogP contribution in [-0.4, -0.2) is 33.0 Å². The molecule has 0 atom stereocenters. The Labute approximate surface area is 215 Å². The number of amides is 2. The van der Waals surface area contributed by atoms with Gasteiger partial charge in [0.1, 0.15) is 23.9 Å². The van der Waals surface area contributed by atoms with Crippen LogP contribution in [-0.2, 0) is 16.1 Å². The van der Waals surface area contributed by atoms with Gasteiger partial charge in [-0.15, -0.1) is 0 Å². The van der Waals surface area contributed by atoms with E-state index in [1.54, 1.807) is 41.3 Å². The van der Waals surface area contributed by atoms with Gasteiger partial charge >= 0.3 is 0 Å². The predicted molar refractivity (Wildman–Crippen MR) is 140 cm³/mol. The summed E-state index contributed by atoms with van der Waals surface area (Å²) in [5, 5.41) is 7.55. The molecule has 4 rings (SSSR count). The van der Waals surface area contributed by atoms with Crippen molar-refractivity contribution in [2.24, 2.45) is 0 Å². The van der Waals surface area contributed by atoms with Crippen molar-refractivity contribution in [3.05, 3.63) is 90.6 Å². The predicted octanol–water partition coefficient (Wildman–Crippen LogP) is 6.21. The van der Waals surface area contributed by atoms with Gasteiger partial charge in [-0.1, -0.05) is 56.5 Å². The van der Waals surface area contributed by atoms with Crippen molar-refractivity contribution in [1.82, 2.24) is 14.7 Å². The van der Waals surface area contributed by atoms with E-state index in [1.165, 1.54) is 17.0 Å². The molecule has 192 valence electrons. The van der Waals surface area contributed by atoms with E-state index in [2.05, 4.69) is 17.3 Å². The summed E-state index contributed by atoms with van der Waals surface area (Å²) in [6.07, 6.45) is 5.83. The molecule has 0 radical (unpaired) electrons. The molecule has 7 nitrogen and oxygen atoms in total. The Morgan fingerprint density at radius 1 is 1.00 bits per heavy atom. The van der Waals surface area contributed by atoms with Crippen LogP contribution in [0.3, 0.4) is 0 Å². The fraction of sp³-hybridized carbons (Fsp3) is 0.276. The summed E-state index contributed by atoms with van der Waals surface area (Å²) >= 11 is 0. The SMILES string of the molecule is CCCCCCC(=O)N(CC(=O)Nc1cc(-c2ccccc2)nn1-c1ccc(F)cc1)Cc1ccco1. The molecule has 0 aliphatic carbocycles. The maximum absolute atomic E-state index is 13.5. The minimum absolute atomic E-state index is 0.0975. The Balaban J connectivity index is 1.54. The van der Waals surface area contributed by atoms with Crippen LogP contribution in [0.5, 0.6) is 0 Å². The normalized spacial score (nSPS) is 10.9. The highest BCUT2D eigenvalue weighted by Gasteiger charge is 2.20. The first-order chi connectivity index (χ1) is 18.0. The summed E-state index contributed by atoms with van der Waals surface area (Å²) in [6, 6.07) is 20.7. The van der Waals surface area contributed by atoms with Crippen molar-refractivity contribution in [2.45, 2.75) is 45.6 Å². The third-order valence-electron chi connectivity index (χ3n) is 5.98. The monoisotopic (exact) mass is 502 g/mol. The Hall–Kier alpha value is -4.20. The van der Waals surface area contributed by atoms with Crippen LogP contribution >= 0.6 is 0 Å². The van der Waals surface area contributed by atoms with E-state index < -0.39 is 0 Å². The van der Waals surface area contributed by atoms with Gasteiger partial charge in [0.15, 0.2) is 0 Å². The minimum atomic E-state index is -0.365. The number of aromatic nitrogens is 2. The van der Waals surface area contributed by atoms with Crippen molar-refractivity contribution in [2.75, 3.05) is 11.9 Å². The smallest absolute Gasteiger partial charge is 0.245 e. The topological polar surface area (TPSA) is 80.4 Å². The highest BCUT2D eigenvalue weighted by molar-refractivity contribution is 5.94. The van der Waals surface area contributed by atoms with Gasteiger partial charge < -0.3 is 14.6 Å². The maximum Gasteiger partial charge on any atom is 0.245 e. The number of carbonyl (C=O) groups is 2. The maximum atomic E-state index is 13.5. The number of nitrogens with zero attached hydrogens (tertiary/aromatic N) is 3. The molecule has 2 heterocycles. The summed E-state index contributed by atoms with van der Waals surface area (Å²) in [4.78, 5) is 27.7. The van der Waals surface area contributed by atoms with E-state index in [0.717, 1.165) is 31.2 Å². The molecule has 0 saturated carbocycles. The van der Waals surface area contributed by atoms with Gasteiger partial charge in [0.25, 0.3) is 0 Å². The van der Waals surface area contributed by atoms with Gasteiger partial charge in [0.05, 0.1) is 24.2 Å². The third kappa shape index (κ3) is 7.16. The number of nitrogens with one attached hydrogen (secondary N) is 1. The lowest BCUT2D eigenvalue weighted by Crippen LogP contribution is -2.37. The first-order valence-electron chi connectivity index (χ1n) is 12.5. The molecule has 1 N–H and O–H groups in total. The molecular weight excluding hydrogens is 471 g/mol. The zero-order valence-electron chi connectivity index (χ0n) is 20.9. The van der Waals surface area contributed by atoms with E-state index >= 15 is 0 Å². The first-order valence-corrected chi connectivity index (χ1v) is 12.5. The van der Waals surface area contributed by atoms with Crippen molar-refractivity contribution in [3.63, 3.8) is 0 Å². The van der Waals surface area contributed by atoms with E-state index in [0.29, 0.717) is 29.4 Å². The zero-order valence-corrected chi connectivity index (χ0v) is 20.9. The lowest BCUT2D eigenvalue weighted by atomic mass is 10.1. The zero-order chi connectivity index (χ0) is 26.0. The second-order valence-electron chi connectivity index (χ2n) is 8.86.